The number of ether oxygens (including phenoxy) is 1. The summed E-state index contributed by atoms with van der Waals surface area (Å²) in [6, 6.07) is 6.38. The standard InChI is InChI=1S/C25H27FN4O3/c1-3-17-18(26)9-8-15-12-16(31)13-20(21(15)17)30-14-19-22(24(30)32)23(28-25(27-19)33-2)29-10-6-4-5-7-11-29/h8-9,12-13,31H,3-7,10-11,14H2,1-2H3. The molecule has 2 aliphatic rings. The summed E-state index contributed by atoms with van der Waals surface area (Å²) in [5.41, 5.74) is 2.04. The Hall–Kier alpha value is -3.42. The minimum Gasteiger partial charge on any atom is -0.508 e. The van der Waals surface area contributed by atoms with Crippen LogP contribution >= 0.6 is 0 Å². The van der Waals surface area contributed by atoms with Crippen LogP contribution in [-0.2, 0) is 13.0 Å². The molecule has 5 rings (SSSR count). The summed E-state index contributed by atoms with van der Waals surface area (Å²) in [5.74, 6) is 0.0434. The lowest BCUT2D eigenvalue weighted by atomic mass is 9.99. The van der Waals surface area contributed by atoms with Crippen LogP contribution in [0.4, 0.5) is 15.9 Å². The van der Waals surface area contributed by atoms with E-state index in [1.54, 1.807) is 17.0 Å². The third-order valence-electron chi connectivity index (χ3n) is 6.58. The molecule has 2 aliphatic heterocycles. The molecule has 1 N–H and O–H groups in total. The van der Waals surface area contributed by atoms with Crippen LogP contribution in [-0.4, -0.2) is 41.2 Å². The monoisotopic (exact) mass is 450 g/mol. The smallest absolute Gasteiger partial charge is 0.318 e. The van der Waals surface area contributed by atoms with Crippen LogP contribution in [0.1, 0.15) is 54.2 Å². The van der Waals surface area contributed by atoms with Gasteiger partial charge in [-0.2, -0.15) is 9.97 Å². The SMILES string of the molecule is CCc1c(F)ccc2cc(O)cc(N3Cc4nc(OC)nc(N5CCCCCC5)c4C3=O)c12. The number of anilines is 2. The number of hydrogen-bond acceptors (Lipinski definition) is 6. The van der Waals surface area contributed by atoms with Crippen molar-refractivity contribution in [3.05, 3.63) is 46.9 Å². The van der Waals surface area contributed by atoms with E-state index < -0.39 is 0 Å². The topological polar surface area (TPSA) is 78.8 Å². The number of aryl methyl sites for hydroxylation is 1. The van der Waals surface area contributed by atoms with Gasteiger partial charge in [-0.1, -0.05) is 25.8 Å². The van der Waals surface area contributed by atoms with Gasteiger partial charge in [-0.15, -0.1) is 0 Å². The lowest BCUT2D eigenvalue weighted by molar-refractivity contribution is 0.0997. The molecule has 1 saturated heterocycles. The highest BCUT2D eigenvalue weighted by atomic mass is 19.1. The van der Waals surface area contributed by atoms with Crippen LogP contribution in [0.15, 0.2) is 24.3 Å². The number of aromatic hydroxyl groups is 1. The van der Waals surface area contributed by atoms with Crippen molar-refractivity contribution in [3.63, 3.8) is 0 Å². The Morgan fingerprint density at radius 2 is 1.88 bits per heavy atom. The molecule has 2 aromatic carbocycles. The maximum atomic E-state index is 14.7. The molecular formula is C25H27FN4O3. The molecule has 8 heteroatoms. The minimum absolute atomic E-state index is 0.0197. The fourth-order valence-corrected chi connectivity index (χ4v) is 4.99. The zero-order chi connectivity index (χ0) is 23.1. The first-order chi connectivity index (χ1) is 16.0. The number of aromatic nitrogens is 2. The molecule has 3 heterocycles. The average Bonchev–Trinajstić information content (AvgIpc) is 2.98. The molecule has 0 saturated carbocycles. The predicted octanol–water partition coefficient (Wildman–Crippen LogP) is 4.59. The number of benzene rings is 2. The van der Waals surface area contributed by atoms with Crippen molar-refractivity contribution in [2.75, 3.05) is 30.0 Å². The van der Waals surface area contributed by atoms with E-state index in [2.05, 4.69) is 14.9 Å². The molecule has 33 heavy (non-hydrogen) atoms. The number of phenols is 1. The lowest BCUT2D eigenvalue weighted by Gasteiger charge is -2.24. The van der Waals surface area contributed by atoms with Crippen LogP contribution < -0.4 is 14.5 Å². The number of fused-ring (bicyclic) bond motifs is 2. The van der Waals surface area contributed by atoms with Crippen molar-refractivity contribution in [3.8, 4) is 11.8 Å². The normalized spacial score (nSPS) is 16.3. The van der Waals surface area contributed by atoms with Gasteiger partial charge in [0.2, 0.25) is 0 Å². The summed E-state index contributed by atoms with van der Waals surface area (Å²) < 4.78 is 20.0. The van der Waals surface area contributed by atoms with E-state index in [4.69, 9.17) is 4.74 Å². The van der Waals surface area contributed by atoms with Gasteiger partial charge in [0.1, 0.15) is 22.9 Å². The number of halogens is 1. The Morgan fingerprint density at radius 3 is 2.58 bits per heavy atom. The molecule has 1 amide bonds. The summed E-state index contributed by atoms with van der Waals surface area (Å²) in [4.78, 5) is 26.6. The van der Waals surface area contributed by atoms with E-state index in [9.17, 15) is 14.3 Å². The second-order valence-corrected chi connectivity index (χ2v) is 8.59. The van der Waals surface area contributed by atoms with Crippen molar-refractivity contribution in [1.82, 2.24) is 9.97 Å². The number of nitrogens with zero attached hydrogens (tertiary/aromatic N) is 4. The Morgan fingerprint density at radius 1 is 1.12 bits per heavy atom. The first-order valence-electron chi connectivity index (χ1n) is 11.5. The third-order valence-corrected chi connectivity index (χ3v) is 6.58. The predicted molar refractivity (Wildman–Crippen MR) is 125 cm³/mol. The van der Waals surface area contributed by atoms with Crippen LogP contribution in [0, 0.1) is 5.82 Å². The quantitative estimate of drug-likeness (QED) is 0.627. The van der Waals surface area contributed by atoms with Crippen LogP contribution in [0.25, 0.3) is 10.8 Å². The van der Waals surface area contributed by atoms with Gasteiger partial charge in [-0.3, -0.25) is 4.79 Å². The summed E-state index contributed by atoms with van der Waals surface area (Å²) in [6.07, 6.45) is 4.84. The lowest BCUT2D eigenvalue weighted by Crippen LogP contribution is -2.29. The average molecular weight is 451 g/mol. The zero-order valence-electron chi connectivity index (χ0n) is 18.9. The molecule has 1 aromatic heterocycles. The fraction of sp³-hybridized carbons (Fsp3) is 0.400. The van der Waals surface area contributed by atoms with Gasteiger partial charge in [0.25, 0.3) is 5.91 Å². The van der Waals surface area contributed by atoms with Crippen LogP contribution in [0.3, 0.4) is 0 Å². The highest BCUT2D eigenvalue weighted by Gasteiger charge is 2.37. The van der Waals surface area contributed by atoms with E-state index in [-0.39, 0.29) is 30.0 Å². The molecular weight excluding hydrogens is 423 g/mol. The van der Waals surface area contributed by atoms with Gasteiger partial charge in [0, 0.05) is 24.5 Å². The molecule has 7 nitrogen and oxygen atoms in total. The summed E-state index contributed by atoms with van der Waals surface area (Å²) in [5, 5.41) is 11.7. The number of methoxy groups -OCH3 is 1. The molecule has 1 fully saturated rings. The molecule has 0 spiro atoms. The number of phenolic OH excluding ortho intramolecular Hbond substituents is 1. The van der Waals surface area contributed by atoms with Crippen LogP contribution in [0.2, 0.25) is 0 Å². The third kappa shape index (κ3) is 3.63. The molecule has 0 bridgehead atoms. The number of amides is 1. The van der Waals surface area contributed by atoms with Crippen molar-refractivity contribution in [1.29, 1.82) is 0 Å². The zero-order valence-corrected chi connectivity index (χ0v) is 18.9. The van der Waals surface area contributed by atoms with Gasteiger partial charge in [0.15, 0.2) is 0 Å². The van der Waals surface area contributed by atoms with Crippen molar-refractivity contribution >= 4 is 28.2 Å². The second-order valence-electron chi connectivity index (χ2n) is 8.59. The van der Waals surface area contributed by atoms with E-state index in [0.717, 1.165) is 38.8 Å². The molecule has 172 valence electrons. The number of carbonyl (C=O) groups is 1. The summed E-state index contributed by atoms with van der Waals surface area (Å²) in [7, 11) is 1.52. The minimum atomic E-state index is -0.326. The fourth-order valence-electron chi connectivity index (χ4n) is 4.99. The van der Waals surface area contributed by atoms with Gasteiger partial charge in [-0.05, 0) is 42.3 Å². The maximum absolute atomic E-state index is 14.7. The van der Waals surface area contributed by atoms with Crippen LogP contribution in [0.5, 0.6) is 11.8 Å². The van der Waals surface area contributed by atoms with E-state index in [0.29, 0.717) is 45.5 Å². The molecule has 0 aliphatic carbocycles. The molecule has 0 unspecified atom stereocenters. The molecule has 3 aromatic rings. The van der Waals surface area contributed by atoms with Crippen molar-refractivity contribution in [2.24, 2.45) is 0 Å². The van der Waals surface area contributed by atoms with E-state index >= 15 is 0 Å². The number of hydrogen-bond donors (Lipinski definition) is 1. The Bertz CT molecular complexity index is 1240. The Kier molecular flexibility index (Phi) is 5.52. The summed E-state index contributed by atoms with van der Waals surface area (Å²) >= 11 is 0. The second kappa shape index (κ2) is 8.50. The van der Waals surface area contributed by atoms with Gasteiger partial charge < -0.3 is 19.6 Å². The highest BCUT2D eigenvalue weighted by Crippen LogP contribution is 2.41. The Balaban J connectivity index is 1.66. The van der Waals surface area contributed by atoms with Gasteiger partial charge in [0.05, 0.1) is 25.0 Å². The number of rotatable bonds is 4. The molecule has 0 radical (unpaired) electrons. The maximum Gasteiger partial charge on any atom is 0.318 e. The number of carbonyl (C=O) groups excluding carboxylic acids is 1. The highest BCUT2D eigenvalue weighted by molar-refractivity contribution is 6.16. The van der Waals surface area contributed by atoms with E-state index in [1.165, 1.54) is 19.2 Å². The van der Waals surface area contributed by atoms with Crippen molar-refractivity contribution < 1.29 is 19.0 Å². The van der Waals surface area contributed by atoms with Gasteiger partial charge in [-0.25, -0.2) is 4.39 Å². The Labute approximate surface area is 191 Å². The summed E-state index contributed by atoms with van der Waals surface area (Å²) in [6.45, 7) is 3.72. The largest absolute Gasteiger partial charge is 0.508 e. The first kappa shape index (κ1) is 21.4. The molecule has 0 atom stereocenters. The first-order valence-corrected chi connectivity index (χ1v) is 11.5. The van der Waals surface area contributed by atoms with E-state index in [1.807, 2.05) is 6.92 Å². The van der Waals surface area contributed by atoms with Crippen molar-refractivity contribution in [2.45, 2.75) is 45.6 Å². The van der Waals surface area contributed by atoms with Gasteiger partial charge >= 0.3 is 6.01 Å².